The highest BCUT2D eigenvalue weighted by atomic mass is 32.2. The van der Waals surface area contributed by atoms with E-state index in [1.54, 1.807) is 26.0 Å². The van der Waals surface area contributed by atoms with E-state index < -0.39 is 29.1 Å². The number of ether oxygens (including phenoxy) is 1. The molecule has 2 N–H and O–H groups in total. The highest BCUT2D eigenvalue weighted by Gasteiger charge is 2.23. The van der Waals surface area contributed by atoms with Gasteiger partial charge in [0.2, 0.25) is 10.0 Å². The fraction of sp³-hybridized carbons (Fsp3) is 0.579. The Morgan fingerprint density at radius 3 is 2.59 bits per heavy atom. The maximum atomic E-state index is 12.3. The molecule has 27 heavy (non-hydrogen) atoms. The largest absolute Gasteiger partial charge is 0.455 e. The Hall–Kier alpha value is -1.93. The van der Waals surface area contributed by atoms with Crippen molar-refractivity contribution in [3.63, 3.8) is 0 Å². The molecule has 7 nitrogen and oxygen atoms in total. The third-order valence-electron chi connectivity index (χ3n) is 4.86. The minimum absolute atomic E-state index is 0.104. The van der Waals surface area contributed by atoms with Crippen LogP contribution in [0.1, 0.15) is 43.7 Å². The quantitative estimate of drug-likeness (QED) is 0.685. The first kappa shape index (κ1) is 21.4. The van der Waals surface area contributed by atoms with Crippen molar-refractivity contribution < 1.29 is 22.7 Å². The van der Waals surface area contributed by atoms with Gasteiger partial charge >= 0.3 is 5.97 Å². The van der Waals surface area contributed by atoms with E-state index >= 15 is 0 Å². The van der Waals surface area contributed by atoms with E-state index in [2.05, 4.69) is 17.0 Å². The van der Waals surface area contributed by atoms with Crippen molar-refractivity contribution in [1.82, 2.24) is 10.0 Å². The Kier molecular flexibility index (Phi) is 7.38. The Morgan fingerprint density at radius 2 is 1.89 bits per heavy atom. The molecule has 150 valence electrons. The number of carbonyl (C=O) groups is 2. The third-order valence-corrected chi connectivity index (χ3v) is 6.41. The van der Waals surface area contributed by atoms with Gasteiger partial charge in [-0.05, 0) is 49.8 Å². The van der Waals surface area contributed by atoms with Gasteiger partial charge < -0.3 is 10.1 Å². The van der Waals surface area contributed by atoms with Crippen LogP contribution >= 0.6 is 0 Å². The molecule has 1 aliphatic rings. The molecule has 0 bridgehead atoms. The minimum Gasteiger partial charge on any atom is -0.455 e. The number of benzene rings is 1. The van der Waals surface area contributed by atoms with Crippen LogP contribution < -0.4 is 10.0 Å². The first-order chi connectivity index (χ1) is 12.7. The number of aryl methyl sites for hydroxylation is 2. The average molecular weight is 397 g/mol. The van der Waals surface area contributed by atoms with E-state index in [9.17, 15) is 18.0 Å². The lowest BCUT2D eigenvalue weighted by molar-refractivity contribution is -0.147. The molecule has 0 radical (unpaired) electrons. The first-order valence-electron chi connectivity index (χ1n) is 9.21. The normalized spacial score (nSPS) is 20.1. The minimum atomic E-state index is -3.83. The van der Waals surface area contributed by atoms with Gasteiger partial charge in [-0.2, -0.15) is 4.72 Å². The van der Waals surface area contributed by atoms with E-state index in [4.69, 9.17) is 4.74 Å². The molecule has 2 atom stereocenters. The maximum Gasteiger partial charge on any atom is 0.321 e. The van der Waals surface area contributed by atoms with Gasteiger partial charge in [0.25, 0.3) is 5.91 Å². The lowest BCUT2D eigenvalue weighted by Crippen LogP contribution is -2.43. The van der Waals surface area contributed by atoms with Gasteiger partial charge in [0.15, 0.2) is 6.61 Å². The number of nitrogens with one attached hydrogen (secondary N) is 2. The van der Waals surface area contributed by atoms with Gasteiger partial charge in [-0.25, -0.2) is 8.42 Å². The Bertz CT molecular complexity index is 791. The van der Waals surface area contributed by atoms with E-state index in [1.165, 1.54) is 6.42 Å². The van der Waals surface area contributed by atoms with Crippen LogP contribution in [0.4, 0.5) is 0 Å². The molecular formula is C19H28N2O5S. The molecule has 0 aliphatic heterocycles. The predicted molar refractivity (Wildman–Crippen MR) is 102 cm³/mol. The topological polar surface area (TPSA) is 102 Å². The second-order valence-corrected chi connectivity index (χ2v) is 8.93. The summed E-state index contributed by atoms with van der Waals surface area (Å²) in [6, 6.07) is 5.17. The molecule has 1 fully saturated rings. The second-order valence-electron chi connectivity index (χ2n) is 7.19. The van der Waals surface area contributed by atoms with Crippen molar-refractivity contribution in [2.24, 2.45) is 5.92 Å². The van der Waals surface area contributed by atoms with Crippen molar-refractivity contribution in [1.29, 1.82) is 0 Å². The van der Waals surface area contributed by atoms with Gasteiger partial charge in [0, 0.05) is 6.04 Å². The standard InChI is InChI=1S/C19H28N2O5S/c1-13-8-9-15(3)17(10-13)27(24,25)20-11-19(23)26-12-18(22)21-16-7-5-4-6-14(16)2/h8-10,14,16,20H,4-7,11-12H2,1-3H3,(H,21,22)/t14-,16-/m0/s1. The van der Waals surface area contributed by atoms with Crippen LogP contribution in [0.5, 0.6) is 0 Å². The molecule has 1 saturated carbocycles. The zero-order chi connectivity index (χ0) is 20.0. The van der Waals surface area contributed by atoms with E-state index in [-0.39, 0.29) is 16.8 Å². The summed E-state index contributed by atoms with van der Waals surface area (Å²) in [5, 5.41) is 2.88. The van der Waals surface area contributed by atoms with E-state index in [1.807, 2.05) is 6.07 Å². The number of amides is 1. The predicted octanol–water partition coefficient (Wildman–Crippen LogP) is 1.82. The molecule has 2 rings (SSSR count). The maximum absolute atomic E-state index is 12.3. The summed E-state index contributed by atoms with van der Waals surface area (Å²) in [6.07, 6.45) is 4.25. The molecule has 8 heteroatoms. The van der Waals surface area contributed by atoms with Crippen molar-refractivity contribution in [2.45, 2.75) is 57.4 Å². The zero-order valence-electron chi connectivity index (χ0n) is 16.1. The summed E-state index contributed by atoms with van der Waals surface area (Å²) in [4.78, 5) is 23.9. The lowest BCUT2D eigenvalue weighted by atomic mass is 9.86. The molecular weight excluding hydrogens is 368 g/mol. The Labute approximate surface area is 160 Å². The molecule has 0 spiro atoms. The smallest absolute Gasteiger partial charge is 0.321 e. The molecule has 1 aliphatic carbocycles. The van der Waals surface area contributed by atoms with Gasteiger partial charge in [-0.3, -0.25) is 9.59 Å². The van der Waals surface area contributed by atoms with Crippen LogP contribution in [-0.2, 0) is 24.3 Å². The summed E-state index contributed by atoms with van der Waals surface area (Å²) >= 11 is 0. The lowest BCUT2D eigenvalue weighted by Gasteiger charge is -2.29. The Balaban J connectivity index is 1.80. The van der Waals surface area contributed by atoms with Crippen LogP contribution in [0.2, 0.25) is 0 Å². The molecule has 0 aromatic heterocycles. The van der Waals surface area contributed by atoms with Gasteiger partial charge in [0.05, 0.1) is 4.90 Å². The molecule has 1 amide bonds. The summed E-state index contributed by atoms with van der Waals surface area (Å²) in [7, 11) is -3.83. The molecule has 0 heterocycles. The molecule has 1 aromatic carbocycles. The van der Waals surface area contributed by atoms with Crippen molar-refractivity contribution in [3.8, 4) is 0 Å². The average Bonchev–Trinajstić information content (AvgIpc) is 2.62. The number of rotatable bonds is 7. The summed E-state index contributed by atoms with van der Waals surface area (Å²) in [5.74, 6) is -0.752. The highest BCUT2D eigenvalue weighted by Crippen LogP contribution is 2.23. The van der Waals surface area contributed by atoms with E-state index in [0.717, 1.165) is 24.8 Å². The van der Waals surface area contributed by atoms with Crippen LogP contribution in [0.3, 0.4) is 0 Å². The van der Waals surface area contributed by atoms with Gasteiger partial charge in [-0.1, -0.05) is 31.9 Å². The Morgan fingerprint density at radius 1 is 1.19 bits per heavy atom. The van der Waals surface area contributed by atoms with Gasteiger partial charge in [-0.15, -0.1) is 0 Å². The second kappa shape index (κ2) is 9.32. The molecule has 1 aromatic rings. The summed E-state index contributed by atoms with van der Waals surface area (Å²) in [6.45, 7) is 4.63. The summed E-state index contributed by atoms with van der Waals surface area (Å²) < 4.78 is 31.8. The van der Waals surface area contributed by atoms with Crippen molar-refractivity contribution >= 4 is 21.9 Å². The SMILES string of the molecule is Cc1ccc(C)c(S(=O)(=O)NCC(=O)OCC(=O)N[C@H]2CCCC[C@@H]2C)c1. The zero-order valence-corrected chi connectivity index (χ0v) is 16.9. The first-order valence-corrected chi connectivity index (χ1v) is 10.7. The van der Waals surface area contributed by atoms with Crippen LogP contribution in [-0.4, -0.2) is 39.5 Å². The van der Waals surface area contributed by atoms with Crippen LogP contribution in [0.15, 0.2) is 23.1 Å². The van der Waals surface area contributed by atoms with Crippen molar-refractivity contribution in [2.75, 3.05) is 13.2 Å². The number of hydrogen-bond donors (Lipinski definition) is 2. The van der Waals surface area contributed by atoms with Gasteiger partial charge in [0.1, 0.15) is 6.54 Å². The number of hydrogen-bond acceptors (Lipinski definition) is 5. The number of carbonyl (C=O) groups excluding carboxylic acids is 2. The van der Waals surface area contributed by atoms with Crippen molar-refractivity contribution in [3.05, 3.63) is 29.3 Å². The monoisotopic (exact) mass is 396 g/mol. The number of esters is 1. The fourth-order valence-electron chi connectivity index (χ4n) is 3.20. The van der Waals surface area contributed by atoms with Crippen LogP contribution in [0.25, 0.3) is 0 Å². The van der Waals surface area contributed by atoms with Crippen LogP contribution in [0, 0.1) is 19.8 Å². The van der Waals surface area contributed by atoms with E-state index in [0.29, 0.717) is 11.5 Å². The highest BCUT2D eigenvalue weighted by molar-refractivity contribution is 7.89. The molecule has 0 saturated heterocycles. The third kappa shape index (κ3) is 6.32. The summed E-state index contributed by atoms with van der Waals surface area (Å²) in [5.41, 5.74) is 1.39. The fourth-order valence-corrected chi connectivity index (χ4v) is 4.50. The number of sulfonamides is 1. The molecule has 0 unspecified atom stereocenters.